The lowest BCUT2D eigenvalue weighted by molar-refractivity contribution is 0.178. The Morgan fingerprint density at radius 2 is 2.10 bits per heavy atom. The van der Waals surface area contributed by atoms with Crippen molar-refractivity contribution in [3.8, 4) is 0 Å². The van der Waals surface area contributed by atoms with Gasteiger partial charge in [0.25, 0.3) is 0 Å². The van der Waals surface area contributed by atoms with E-state index in [9.17, 15) is 0 Å². The largest absolute Gasteiger partial charge is 0.377 e. The average Bonchev–Trinajstić information content (AvgIpc) is 2.47. The van der Waals surface area contributed by atoms with E-state index in [2.05, 4.69) is 39.6 Å². The van der Waals surface area contributed by atoms with Gasteiger partial charge < -0.3 is 10.1 Å². The number of fused-ring (bicyclic) bond motifs is 1. The molecule has 0 saturated heterocycles. The monoisotopic (exact) mass is 303 g/mol. The first-order valence-corrected chi connectivity index (χ1v) is 7.48. The summed E-state index contributed by atoms with van der Waals surface area (Å²) in [5.41, 5.74) is 2.87. The number of benzene rings is 1. The van der Waals surface area contributed by atoms with Gasteiger partial charge in [0.15, 0.2) is 5.82 Å². The minimum atomic E-state index is 0.364. The molecule has 0 saturated carbocycles. The molecule has 0 aliphatic heterocycles. The number of anilines is 1. The number of aryl methyl sites for hydroxylation is 1. The normalized spacial score (nSPS) is 17.3. The van der Waals surface area contributed by atoms with E-state index < -0.39 is 0 Å². The van der Waals surface area contributed by atoms with E-state index >= 15 is 0 Å². The highest BCUT2D eigenvalue weighted by atomic mass is 35.5. The van der Waals surface area contributed by atoms with Gasteiger partial charge in [-0.3, -0.25) is 0 Å². The van der Waals surface area contributed by atoms with Crippen LogP contribution in [0.15, 0.2) is 30.3 Å². The molecule has 0 spiro atoms. The number of ether oxygens (including phenoxy) is 1. The molecule has 0 fully saturated rings. The van der Waals surface area contributed by atoms with Gasteiger partial charge in [-0.1, -0.05) is 35.9 Å². The molecule has 110 valence electrons. The first kappa shape index (κ1) is 14.3. The van der Waals surface area contributed by atoms with Gasteiger partial charge >= 0.3 is 0 Å². The number of hydrogen-bond acceptors (Lipinski definition) is 4. The topological polar surface area (TPSA) is 47.0 Å². The van der Waals surface area contributed by atoms with Gasteiger partial charge in [-0.2, -0.15) is 0 Å². The van der Waals surface area contributed by atoms with Crippen LogP contribution in [-0.2, 0) is 24.2 Å². The van der Waals surface area contributed by atoms with E-state index in [0.29, 0.717) is 23.6 Å². The van der Waals surface area contributed by atoms with Crippen LogP contribution < -0.4 is 5.32 Å². The summed E-state index contributed by atoms with van der Waals surface area (Å²) < 4.78 is 5.06. The Bertz CT molecular complexity index is 633. The standard InChI is InChI=1S/C16H18ClN3O/c1-21-10-16-19-14(17)9-15(20-16)18-13-7-6-11-4-2-3-5-12(11)8-13/h2-5,9,13H,6-8,10H2,1H3,(H,18,19,20). The van der Waals surface area contributed by atoms with Crippen LogP contribution >= 0.6 is 11.6 Å². The van der Waals surface area contributed by atoms with Crippen molar-refractivity contribution in [1.82, 2.24) is 9.97 Å². The predicted octanol–water partition coefficient (Wildman–Crippen LogP) is 3.25. The summed E-state index contributed by atoms with van der Waals surface area (Å²) in [6.07, 6.45) is 3.20. The summed E-state index contributed by atoms with van der Waals surface area (Å²) >= 11 is 6.04. The summed E-state index contributed by atoms with van der Waals surface area (Å²) in [7, 11) is 1.62. The maximum Gasteiger partial charge on any atom is 0.158 e. The smallest absolute Gasteiger partial charge is 0.158 e. The van der Waals surface area contributed by atoms with Gasteiger partial charge in [0.05, 0.1) is 0 Å². The molecule has 3 rings (SSSR count). The Labute approximate surface area is 129 Å². The maximum atomic E-state index is 6.04. The van der Waals surface area contributed by atoms with E-state index in [1.165, 1.54) is 11.1 Å². The molecular formula is C16H18ClN3O. The van der Waals surface area contributed by atoms with Crippen LogP contribution in [-0.4, -0.2) is 23.1 Å². The second-order valence-corrected chi connectivity index (χ2v) is 5.67. The lowest BCUT2D eigenvalue weighted by Gasteiger charge is -2.26. The van der Waals surface area contributed by atoms with Crippen LogP contribution in [0, 0.1) is 0 Å². The van der Waals surface area contributed by atoms with Crippen molar-refractivity contribution in [2.45, 2.75) is 31.9 Å². The lowest BCUT2D eigenvalue weighted by atomic mass is 9.88. The van der Waals surface area contributed by atoms with Gasteiger partial charge in [0.2, 0.25) is 0 Å². The Morgan fingerprint density at radius 1 is 1.29 bits per heavy atom. The molecule has 1 aromatic heterocycles. The zero-order chi connectivity index (χ0) is 14.7. The number of hydrogen-bond donors (Lipinski definition) is 1. The zero-order valence-electron chi connectivity index (χ0n) is 12.0. The summed E-state index contributed by atoms with van der Waals surface area (Å²) in [6.45, 7) is 0.364. The van der Waals surface area contributed by atoms with Crippen LogP contribution in [0.2, 0.25) is 5.15 Å². The second kappa shape index (κ2) is 6.41. The highest BCUT2D eigenvalue weighted by Gasteiger charge is 2.18. The minimum absolute atomic E-state index is 0.364. The fourth-order valence-electron chi connectivity index (χ4n) is 2.76. The van der Waals surface area contributed by atoms with E-state index in [1.807, 2.05) is 0 Å². The third kappa shape index (κ3) is 3.52. The van der Waals surface area contributed by atoms with Crippen LogP contribution in [0.25, 0.3) is 0 Å². The van der Waals surface area contributed by atoms with Crippen LogP contribution in [0.3, 0.4) is 0 Å². The first-order valence-electron chi connectivity index (χ1n) is 7.10. The predicted molar refractivity (Wildman–Crippen MR) is 83.6 cm³/mol. The molecule has 1 atom stereocenters. The molecule has 1 aliphatic carbocycles. The third-order valence-electron chi connectivity index (χ3n) is 3.71. The summed E-state index contributed by atoms with van der Waals surface area (Å²) in [5, 5.41) is 3.91. The number of nitrogens with zero attached hydrogens (tertiary/aromatic N) is 2. The van der Waals surface area contributed by atoms with Crippen LogP contribution in [0.5, 0.6) is 0 Å². The van der Waals surface area contributed by atoms with Gasteiger partial charge in [-0.25, -0.2) is 9.97 Å². The van der Waals surface area contributed by atoms with E-state index in [-0.39, 0.29) is 0 Å². The zero-order valence-corrected chi connectivity index (χ0v) is 12.7. The van der Waals surface area contributed by atoms with Crippen molar-refractivity contribution in [2.75, 3.05) is 12.4 Å². The number of nitrogens with one attached hydrogen (secondary N) is 1. The molecule has 4 nitrogen and oxygen atoms in total. The van der Waals surface area contributed by atoms with E-state index in [0.717, 1.165) is 25.1 Å². The Kier molecular flexibility index (Phi) is 4.36. The van der Waals surface area contributed by atoms with Crippen molar-refractivity contribution in [3.05, 3.63) is 52.4 Å². The molecule has 1 aliphatic rings. The molecule has 1 aromatic carbocycles. The molecule has 2 aromatic rings. The first-order chi connectivity index (χ1) is 10.2. The van der Waals surface area contributed by atoms with Crippen LogP contribution in [0.4, 0.5) is 5.82 Å². The average molecular weight is 304 g/mol. The Balaban J connectivity index is 1.73. The summed E-state index contributed by atoms with van der Waals surface area (Å²) in [6, 6.07) is 10.8. The summed E-state index contributed by atoms with van der Waals surface area (Å²) in [4.78, 5) is 8.58. The lowest BCUT2D eigenvalue weighted by Crippen LogP contribution is -2.28. The minimum Gasteiger partial charge on any atom is -0.377 e. The van der Waals surface area contributed by atoms with Gasteiger partial charge in [0.1, 0.15) is 17.6 Å². The fraction of sp³-hybridized carbons (Fsp3) is 0.375. The SMILES string of the molecule is COCc1nc(Cl)cc(NC2CCc3ccccc3C2)n1. The van der Waals surface area contributed by atoms with Crippen molar-refractivity contribution in [3.63, 3.8) is 0 Å². The molecular weight excluding hydrogens is 286 g/mol. The van der Waals surface area contributed by atoms with Crippen molar-refractivity contribution in [2.24, 2.45) is 0 Å². The molecule has 1 N–H and O–H groups in total. The summed E-state index contributed by atoms with van der Waals surface area (Å²) in [5.74, 6) is 1.37. The maximum absolute atomic E-state index is 6.04. The Morgan fingerprint density at radius 3 is 2.90 bits per heavy atom. The van der Waals surface area contributed by atoms with E-state index in [4.69, 9.17) is 16.3 Å². The molecule has 1 unspecified atom stereocenters. The molecule has 0 radical (unpaired) electrons. The van der Waals surface area contributed by atoms with E-state index in [1.54, 1.807) is 13.2 Å². The number of aromatic nitrogens is 2. The molecule has 0 amide bonds. The third-order valence-corrected chi connectivity index (χ3v) is 3.91. The van der Waals surface area contributed by atoms with Crippen LogP contribution in [0.1, 0.15) is 23.4 Å². The van der Waals surface area contributed by atoms with Crippen molar-refractivity contribution in [1.29, 1.82) is 0 Å². The highest BCUT2D eigenvalue weighted by molar-refractivity contribution is 6.29. The van der Waals surface area contributed by atoms with Gasteiger partial charge in [-0.15, -0.1) is 0 Å². The number of rotatable bonds is 4. The van der Waals surface area contributed by atoms with Crippen molar-refractivity contribution < 1.29 is 4.74 Å². The second-order valence-electron chi connectivity index (χ2n) is 5.28. The quantitative estimate of drug-likeness (QED) is 0.881. The Hall–Kier alpha value is -1.65. The fourth-order valence-corrected chi connectivity index (χ4v) is 2.96. The van der Waals surface area contributed by atoms with Gasteiger partial charge in [0, 0.05) is 19.2 Å². The van der Waals surface area contributed by atoms with Gasteiger partial charge in [-0.05, 0) is 30.4 Å². The number of methoxy groups -OCH3 is 1. The molecule has 5 heteroatoms. The molecule has 21 heavy (non-hydrogen) atoms. The highest BCUT2D eigenvalue weighted by Crippen LogP contribution is 2.23. The molecule has 1 heterocycles. The van der Waals surface area contributed by atoms with Crippen molar-refractivity contribution >= 4 is 17.4 Å². The molecule has 0 bridgehead atoms. The number of halogens is 1.